The number of halogens is 2. The Labute approximate surface area is 87.0 Å². The molecule has 1 heterocycles. The zero-order chi connectivity index (χ0) is 7.40. The Morgan fingerprint density at radius 2 is 2.17 bits per heavy atom. The van der Waals surface area contributed by atoms with Gasteiger partial charge in [-0.2, -0.15) is 0 Å². The summed E-state index contributed by atoms with van der Waals surface area (Å²) in [7, 11) is 0. The Bertz CT molecular complexity index is 137. The second-order valence-electron chi connectivity index (χ2n) is 2.89. The third-order valence-electron chi connectivity index (χ3n) is 1.97. The van der Waals surface area contributed by atoms with Gasteiger partial charge >= 0.3 is 0 Å². The van der Waals surface area contributed by atoms with E-state index in [2.05, 4.69) is 17.9 Å². The van der Waals surface area contributed by atoms with Gasteiger partial charge in [-0.15, -0.1) is 24.8 Å². The van der Waals surface area contributed by atoms with Crippen molar-refractivity contribution in [2.24, 2.45) is 5.73 Å². The van der Waals surface area contributed by atoms with E-state index < -0.39 is 0 Å². The Kier molecular flexibility index (Phi) is 9.67. The molecule has 2 nitrogen and oxygen atoms in total. The summed E-state index contributed by atoms with van der Waals surface area (Å²) in [5.74, 6) is 0. The zero-order valence-corrected chi connectivity index (χ0v) is 9.09. The molecule has 0 saturated heterocycles. The lowest BCUT2D eigenvalue weighted by atomic mass is 10.1. The van der Waals surface area contributed by atoms with Crippen LogP contribution in [0.5, 0.6) is 0 Å². The molecule has 0 amide bonds. The molecule has 0 fully saturated rings. The zero-order valence-electron chi connectivity index (χ0n) is 7.45. The number of nitrogens with two attached hydrogens (primary N) is 1. The van der Waals surface area contributed by atoms with Gasteiger partial charge in [-0.05, 0) is 13.3 Å². The fourth-order valence-electron chi connectivity index (χ4n) is 1.20. The van der Waals surface area contributed by atoms with Crippen LogP contribution in [0.2, 0.25) is 0 Å². The summed E-state index contributed by atoms with van der Waals surface area (Å²) in [6.07, 6.45) is 3.51. The average molecular weight is 213 g/mol. The van der Waals surface area contributed by atoms with E-state index in [0.29, 0.717) is 0 Å². The van der Waals surface area contributed by atoms with E-state index in [1.165, 1.54) is 18.5 Å². The van der Waals surface area contributed by atoms with Gasteiger partial charge in [0.1, 0.15) is 0 Å². The van der Waals surface area contributed by atoms with E-state index >= 15 is 0 Å². The second kappa shape index (κ2) is 7.87. The first-order chi connectivity index (χ1) is 4.83. The summed E-state index contributed by atoms with van der Waals surface area (Å²) < 4.78 is 0. The fourth-order valence-corrected chi connectivity index (χ4v) is 1.20. The monoisotopic (exact) mass is 212 g/mol. The molecule has 0 radical (unpaired) electrons. The molecule has 74 valence electrons. The molecule has 1 aliphatic heterocycles. The van der Waals surface area contributed by atoms with Gasteiger partial charge in [0, 0.05) is 26.2 Å². The van der Waals surface area contributed by atoms with Crippen molar-refractivity contribution in [2.45, 2.75) is 13.3 Å². The van der Waals surface area contributed by atoms with Crippen molar-refractivity contribution in [3.63, 3.8) is 0 Å². The van der Waals surface area contributed by atoms with Crippen molar-refractivity contribution >= 4 is 24.8 Å². The number of hydrogen-bond donors (Lipinski definition) is 1. The first-order valence-corrected chi connectivity index (χ1v) is 3.91. The van der Waals surface area contributed by atoms with Crippen molar-refractivity contribution in [3.05, 3.63) is 11.6 Å². The number of hydrogen-bond acceptors (Lipinski definition) is 2. The molecule has 0 bridgehead atoms. The maximum Gasteiger partial charge on any atom is 0.0166 e. The third-order valence-corrected chi connectivity index (χ3v) is 1.97. The van der Waals surface area contributed by atoms with E-state index in [0.717, 1.165) is 19.6 Å². The molecule has 0 aliphatic carbocycles. The molecule has 0 aromatic rings. The minimum absolute atomic E-state index is 0. The van der Waals surface area contributed by atoms with Crippen LogP contribution in [0.15, 0.2) is 11.6 Å². The largest absolute Gasteiger partial charge is 0.329 e. The molecule has 1 aliphatic rings. The minimum Gasteiger partial charge on any atom is -0.329 e. The lowest BCUT2D eigenvalue weighted by Gasteiger charge is -2.24. The van der Waals surface area contributed by atoms with Crippen LogP contribution in [0.4, 0.5) is 0 Å². The van der Waals surface area contributed by atoms with Crippen LogP contribution in [0, 0.1) is 0 Å². The lowest BCUT2D eigenvalue weighted by Crippen LogP contribution is -2.32. The van der Waals surface area contributed by atoms with Crippen LogP contribution in [0.3, 0.4) is 0 Å². The molecule has 4 heteroatoms. The van der Waals surface area contributed by atoms with Gasteiger partial charge < -0.3 is 5.73 Å². The van der Waals surface area contributed by atoms with Gasteiger partial charge in [0.05, 0.1) is 0 Å². The Morgan fingerprint density at radius 1 is 1.50 bits per heavy atom. The van der Waals surface area contributed by atoms with E-state index in [1.807, 2.05) is 0 Å². The summed E-state index contributed by atoms with van der Waals surface area (Å²) >= 11 is 0. The predicted molar refractivity (Wildman–Crippen MR) is 58.4 cm³/mol. The minimum atomic E-state index is 0. The van der Waals surface area contributed by atoms with E-state index in [-0.39, 0.29) is 24.8 Å². The van der Waals surface area contributed by atoms with E-state index in [4.69, 9.17) is 5.73 Å². The summed E-state index contributed by atoms with van der Waals surface area (Å²) in [6, 6.07) is 0. The molecule has 2 N–H and O–H groups in total. The van der Waals surface area contributed by atoms with Crippen LogP contribution in [-0.2, 0) is 0 Å². The molecule has 0 unspecified atom stereocenters. The molecular formula is C8H18Cl2N2. The maximum absolute atomic E-state index is 5.43. The van der Waals surface area contributed by atoms with Gasteiger partial charge in [-0.3, -0.25) is 4.90 Å². The molecule has 0 aromatic carbocycles. The molecular weight excluding hydrogens is 195 g/mol. The highest BCUT2D eigenvalue weighted by Gasteiger charge is 2.06. The van der Waals surface area contributed by atoms with Crippen LogP contribution in [0.1, 0.15) is 13.3 Å². The van der Waals surface area contributed by atoms with Crippen molar-refractivity contribution in [1.29, 1.82) is 0 Å². The van der Waals surface area contributed by atoms with E-state index in [9.17, 15) is 0 Å². The van der Waals surface area contributed by atoms with Crippen molar-refractivity contribution < 1.29 is 0 Å². The Balaban J connectivity index is 0. The fraction of sp³-hybridized carbons (Fsp3) is 0.750. The SMILES string of the molecule is CC1=CCN(CCN)CC1.Cl.Cl. The van der Waals surface area contributed by atoms with Gasteiger partial charge in [-0.25, -0.2) is 0 Å². The Hall–Kier alpha value is 0.240. The predicted octanol–water partition coefficient (Wildman–Crippen LogP) is 1.44. The lowest BCUT2D eigenvalue weighted by molar-refractivity contribution is 0.302. The first kappa shape index (κ1) is 14.7. The quantitative estimate of drug-likeness (QED) is 0.703. The highest BCUT2D eigenvalue weighted by atomic mass is 35.5. The molecule has 0 spiro atoms. The van der Waals surface area contributed by atoms with Gasteiger partial charge in [-0.1, -0.05) is 11.6 Å². The molecule has 0 atom stereocenters. The smallest absolute Gasteiger partial charge is 0.0166 e. The van der Waals surface area contributed by atoms with Crippen molar-refractivity contribution in [3.8, 4) is 0 Å². The highest BCUT2D eigenvalue weighted by Crippen LogP contribution is 2.07. The first-order valence-electron chi connectivity index (χ1n) is 3.91. The Morgan fingerprint density at radius 3 is 2.58 bits per heavy atom. The van der Waals surface area contributed by atoms with Crippen molar-refractivity contribution in [2.75, 3.05) is 26.2 Å². The maximum atomic E-state index is 5.43. The average Bonchev–Trinajstić information content (AvgIpc) is 1.95. The van der Waals surface area contributed by atoms with Gasteiger partial charge in [0.15, 0.2) is 0 Å². The second-order valence-corrected chi connectivity index (χ2v) is 2.89. The molecule has 0 aromatic heterocycles. The molecule has 12 heavy (non-hydrogen) atoms. The molecule has 1 rings (SSSR count). The van der Waals surface area contributed by atoms with Crippen LogP contribution < -0.4 is 5.73 Å². The summed E-state index contributed by atoms with van der Waals surface area (Å²) in [4.78, 5) is 2.38. The van der Waals surface area contributed by atoms with E-state index in [1.54, 1.807) is 0 Å². The van der Waals surface area contributed by atoms with Crippen LogP contribution in [-0.4, -0.2) is 31.1 Å². The molecule has 0 saturated carbocycles. The highest BCUT2D eigenvalue weighted by molar-refractivity contribution is 5.85. The van der Waals surface area contributed by atoms with Crippen molar-refractivity contribution in [1.82, 2.24) is 4.90 Å². The summed E-state index contributed by atoms with van der Waals surface area (Å²) in [5, 5.41) is 0. The summed E-state index contributed by atoms with van der Waals surface area (Å²) in [5.41, 5.74) is 6.95. The third kappa shape index (κ3) is 4.99. The number of rotatable bonds is 2. The number of nitrogens with zero attached hydrogens (tertiary/aromatic N) is 1. The van der Waals surface area contributed by atoms with Gasteiger partial charge in [0.2, 0.25) is 0 Å². The van der Waals surface area contributed by atoms with Crippen LogP contribution in [0.25, 0.3) is 0 Å². The van der Waals surface area contributed by atoms with Gasteiger partial charge in [0.25, 0.3) is 0 Å². The standard InChI is InChI=1S/C8H16N2.2ClH/c1-8-2-5-10(6-3-8)7-4-9;;/h2H,3-7,9H2,1H3;2*1H. The topological polar surface area (TPSA) is 29.3 Å². The normalized spacial score (nSPS) is 17.3. The van der Waals surface area contributed by atoms with Crippen LogP contribution >= 0.6 is 24.8 Å². The summed E-state index contributed by atoms with van der Waals surface area (Å²) in [6.45, 7) is 6.32.